The van der Waals surface area contributed by atoms with Crippen molar-refractivity contribution < 1.29 is 18.1 Å². The number of benzene rings is 1. The Morgan fingerprint density at radius 1 is 1.10 bits per heavy atom. The molecule has 2 aliphatic heterocycles. The Labute approximate surface area is 171 Å². The zero-order valence-electron chi connectivity index (χ0n) is 16.7. The molecule has 160 valence electrons. The van der Waals surface area contributed by atoms with E-state index in [4.69, 9.17) is 0 Å². The highest BCUT2D eigenvalue weighted by Gasteiger charge is 2.31. The largest absolute Gasteiger partial charge is 0.339 e. The second kappa shape index (κ2) is 9.19. The van der Waals surface area contributed by atoms with Gasteiger partial charge in [-0.15, -0.1) is 0 Å². The molecular weight excluding hydrogens is 396 g/mol. The predicted molar refractivity (Wildman–Crippen MR) is 108 cm³/mol. The number of piperazine rings is 1. The first-order chi connectivity index (χ1) is 13.8. The Hall–Kier alpha value is -2.04. The lowest BCUT2D eigenvalue weighted by atomic mass is 10.00. The molecule has 1 atom stereocenters. The summed E-state index contributed by atoms with van der Waals surface area (Å²) >= 11 is 0. The van der Waals surface area contributed by atoms with Crippen LogP contribution in [0.3, 0.4) is 0 Å². The Bertz CT molecular complexity index is 835. The van der Waals surface area contributed by atoms with Crippen LogP contribution in [0.5, 0.6) is 0 Å². The average Bonchev–Trinajstić information content (AvgIpc) is 2.74. The normalized spacial score (nSPS) is 21.8. The molecule has 2 saturated heterocycles. The van der Waals surface area contributed by atoms with E-state index in [9.17, 15) is 23.3 Å². The van der Waals surface area contributed by atoms with Crippen LogP contribution in [-0.4, -0.2) is 78.7 Å². The van der Waals surface area contributed by atoms with E-state index in [1.54, 1.807) is 0 Å². The number of hydrogen-bond acceptors (Lipinski definition) is 6. The predicted octanol–water partition coefficient (Wildman–Crippen LogP) is 1.69. The number of carbonyl (C=O) groups is 1. The van der Waals surface area contributed by atoms with Crippen molar-refractivity contribution in [3.63, 3.8) is 0 Å². The maximum absolute atomic E-state index is 12.8. The summed E-state index contributed by atoms with van der Waals surface area (Å²) in [6.07, 6.45) is 4.24. The molecule has 1 amide bonds. The monoisotopic (exact) mass is 424 g/mol. The number of hydrogen-bond donors (Lipinski definition) is 0. The molecular formula is C19H28N4O5S. The zero-order valence-corrected chi connectivity index (χ0v) is 17.5. The molecule has 0 aromatic heterocycles. The lowest BCUT2D eigenvalue weighted by Crippen LogP contribution is -2.53. The molecule has 0 bridgehead atoms. The van der Waals surface area contributed by atoms with Crippen LogP contribution in [-0.2, 0) is 14.8 Å². The van der Waals surface area contributed by atoms with E-state index in [2.05, 4.69) is 6.92 Å². The minimum absolute atomic E-state index is 0.0479. The number of rotatable bonds is 6. The van der Waals surface area contributed by atoms with Crippen LogP contribution in [0.15, 0.2) is 29.2 Å². The molecule has 2 aliphatic rings. The molecule has 3 rings (SSSR count). The van der Waals surface area contributed by atoms with E-state index in [0.717, 1.165) is 25.8 Å². The smallest absolute Gasteiger partial charge is 0.269 e. The van der Waals surface area contributed by atoms with Gasteiger partial charge in [0.25, 0.3) is 5.69 Å². The van der Waals surface area contributed by atoms with Gasteiger partial charge in [-0.1, -0.05) is 6.92 Å². The number of nitro groups is 1. The van der Waals surface area contributed by atoms with Gasteiger partial charge in [0.1, 0.15) is 0 Å². The number of non-ortho nitro benzene ring substituents is 1. The van der Waals surface area contributed by atoms with Crippen molar-refractivity contribution >= 4 is 21.6 Å². The molecule has 0 aliphatic carbocycles. The van der Waals surface area contributed by atoms with Gasteiger partial charge < -0.3 is 4.90 Å². The molecule has 0 N–H and O–H groups in total. The van der Waals surface area contributed by atoms with Gasteiger partial charge in [0, 0.05) is 50.9 Å². The summed E-state index contributed by atoms with van der Waals surface area (Å²) in [6.45, 7) is 4.81. The average molecular weight is 425 g/mol. The van der Waals surface area contributed by atoms with Gasteiger partial charge in [-0.05, 0) is 37.8 Å². The fourth-order valence-electron chi connectivity index (χ4n) is 4.05. The zero-order chi connectivity index (χ0) is 21.0. The van der Waals surface area contributed by atoms with Crippen molar-refractivity contribution in [2.24, 2.45) is 0 Å². The Balaban J connectivity index is 1.56. The number of nitrogens with zero attached hydrogens (tertiary/aromatic N) is 4. The van der Waals surface area contributed by atoms with Gasteiger partial charge >= 0.3 is 0 Å². The van der Waals surface area contributed by atoms with Gasteiger partial charge in [-0.2, -0.15) is 4.31 Å². The van der Waals surface area contributed by atoms with Gasteiger partial charge in [0.2, 0.25) is 15.9 Å². The summed E-state index contributed by atoms with van der Waals surface area (Å²) in [5.74, 6) is 0.128. The second-order valence-corrected chi connectivity index (χ2v) is 9.51. The molecule has 1 aromatic rings. The van der Waals surface area contributed by atoms with Gasteiger partial charge in [-0.3, -0.25) is 19.8 Å². The maximum Gasteiger partial charge on any atom is 0.269 e. The van der Waals surface area contributed by atoms with Crippen molar-refractivity contribution in [3.8, 4) is 0 Å². The van der Waals surface area contributed by atoms with Crippen molar-refractivity contribution in [1.82, 2.24) is 14.1 Å². The Morgan fingerprint density at radius 2 is 1.76 bits per heavy atom. The first kappa shape index (κ1) is 21.7. The topological polar surface area (TPSA) is 104 Å². The van der Waals surface area contributed by atoms with Crippen LogP contribution in [0.2, 0.25) is 0 Å². The van der Waals surface area contributed by atoms with E-state index >= 15 is 0 Å². The summed E-state index contributed by atoms with van der Waals surface area (Å²) in [6, 6.07) is 5.25. The summed E-state index contributed by atoms with van der Waals surface area (Å²) in [5, 5.41) is 10.8. The second-order valence-electron chi connectivity index (χ2n) is 7.58. The minimum Gasteiger partial charge on any atom is -0.339 e. The number of likely N-dealkylation sites (tertiary alicyclic amines) is 1. The van der Waals surface area contributed by atoms with E-state index in [1.807, 2.05) is 9.80 Å². The van der Waals surface area contributed by atoms with Gasteiger partial charge in [0.05, 0.1) is 16.4 Å². The third kappa shape index (κ3) is 4.93. The van der Waals surface area contributed by atoms with Crippen LogP contribution in [0, 0.1) is 10.1 Å². The van der Waals surface area contributed by atoms with Crippen molar-refractivity contribution in [2.45, 2.75) is 43.5 Å². The highest BCUT2D eigenvalue weighted by molar-refractivity contribution is 7.89. The van der Waals surface area contributed by atoms with Crippen LogP contribution in [0.25, 0.3) is 0 Å². The molecule has 10 heteroatoms. The number of sulfonamides is 1. The molecule has 2 heterocycles. The Kier molecular flexibility index (Phi) is 6.86. The first-order valence-corrected chi connectivity index (χ1v) is 11.5. The van der Waals surface area contributed by atoms with Crippen LogP contribution < -0.4 is 0 Å². The first-order valence-electron chi connectivity index (χ1n) is 10.1. The number of piperidine rings is 1. The fourth-order valence-corrected chi connectivity index (χ4v) is 5.47. The van der Waals surface area contributed by atoms with E-state index in [-0.39, 0.29) is 16.5 Å². The third-order valence-electron chi connectivity index (χ3n) is 5.79. The van der Waals surface area contributed by atoms with Crippen molar-refractivity contribution in [1.29, 1.82) is 0 Å². The molecule has 0 radical (unpaired) electrons. The highest BCUT2D eigenvalue weighted by Crippen LogP contribution is 2.22. The lowest BCUT2D eigenvalue weighted by Gasteiger charge is -2.38. The molecule has 0 spiro atoms. The lowest BCUT2D eigenvalue weighted by molar-refractivity contribution is -0.384. The number of nitro benzene ring substituents is 1. The third-order valence-corrected chi connectivity index (χ3v) is 7.71. The van der Waals surface area contributed by atoms with E-state index < -0.39 is 14.9 Å². The van der Waals surface area contributed by atoms with Gasteiger partial charge in [-0.25, -0.2) is 8.42 Å². The van der Waals surface area contributed by atoms with Crippen LogP contribution in [0.4, 0.5) is 5.69 Å². The molecule has 1 aromatic carbocycles. The van der Waals surface area contributed by atoms with Crippen LogP contribution >= 0.6 is 0 Å². The van der Waals surface area contributed by atoms with Crippen LogP contribution in [0.1, 0.15) is 32.6 Å². The highest BCUT2D eigenvalue weighted by atomic mass is 32.2. The maximum atomic E-state index is 12.8. The fraction of sp³-hybridized carbons (Fsp3) is 0.632. The SMILES string of the molecule is CC[C@H]1CCCCN1C(=O)CN1CCN(S(=O)(=O)c2ccc([N+](=O)[O-])cc2)CC1. The van der Waals surface area contributed by atoms with E-state index in [0.29, 0.717) is 38.8 Å². The standard InChI is InChI=1S/C19H28N4O5S/c1-2-16-5-3-4-10-22(16)19(24)15-20-11-13-21(14-12-20)29(27,28)18-8-6-17(7-9-18)23(25)26/h6-9,16H,2-5,10-15H2,1H3/t16-/m0/s1. The molecule has 0 saturated carbocycles. The quantitative estimate of drug-likeness (QED) is 0.508. The summed E-state index contributed by atoms with van der Waals surface area (Å²) in [5.41, 5.74) is -0.143. The summed E-state index contributed by atoms with van der Waals surface area (Å²) in [4.78, 5) is 27.0. The molecule has 2 fully saturated rings. The van der Waals surface area contributed by atoms with Crippen molar-refractivity contribution in [3.05, 3.63) is 34.4 Å². The van der Waals surface area contributed by atoms with E-state index in [1.165, 1.54) is 35.0 Å². The number of carbonyl (C=O) groups excluding carboxylic acids is 1. The molecule has 29 heavy (non-hydrogen) atoms. The van der Waals surface area contributed by atoms with Crippen molar-refractivity contribution in [2.75, 3.05) is 39.3 Å². The molecule has 0 unspecified atom stereocenters. The Morgan fingerprint density at radius 3 is 2.34 bits per heavy atom. The summed E-state index contributed by atoms with van der Waals surface area (Å²) < 4.78 is 27.0. The summed E-state index contributed by atoms with van der Waals surface area (Å²) in [7, 11) is -3.70. The molecule has 9 nitrogen and oxygen atoms in total. The van der Waals surface area contributed by atoms with Gasteiger partial charge in [0.15, 0.2) is 0 Å². The minimum atomic E-state index is -3.70. The number of amides is 1.